The fourth-order valence-electron chi connectivity index (χ4n) is 2.67. The SMILES string of the molecule is Cn1nccc1-c1ccc(CCNC(=O)C(=O)Nc2cc(F)ccc2F)cc1. The lowest BCUT2D eigenvalue weighted by molar-refractivity contribution is -0.136. The van der Waals surface area contributed by atoms with E-state index in [9.17, 15) is 18.4 Å². The first kappa shape index (κ1) is 19.2. The van der Waals surface area contributed by atoms with Gasteiger partial charge in [0.05, 0.1) is 11.4 Å². The molecule has 0 aliphatic carbocycles. The van der Waals surface area contributed by atoms with Crippen molar-refractivity contribution in [3.8, 4) is 11.3 Å². The second-order valence-corrected chi connectivity index (χ2v) is 6.12. The summed E-state index contributed by atoms with van der Waals surface area (Å²) in [4.78, 5) is 23.6. The van der Waals surface area contributed by atoms with Crippen molar-refractivity contribution in [3.05, 3.63) is 71.9 Å². The van der Waals surface area contributed by atoms with Gasteiger partial charge >= 0.3 is 11.8 Å². The van der Waals surface area contributed by atoms with Crippen LogP contribution in [-0.2, 0) is 23.1 Å². The summed E-state index contributed by atoms with van der Waals surface area (Å²) < 4.78 is 28.4. The van der Waals surface area contributed by atoms with Gasteiger partial charge in [-0.05, 0) is 35.7 Å². The Morgan fingerprint density at radius 3 is 2.46 bits per heavy atom. The van der Waals surface area contributed by atoms with Crippen molar-refractivity contribution in [3.63, 3.8) is 0 Å². The fourth-order valence-corrected chi connectivity index (χ4v) is 2.67. The first-order valence-corrected chi connectivity index (χ1v) is 8.55. The van der Waals surface area contributed by atoms with E-state index in [0.29, 0.717) is 6.42 Å². The summed E-state index contributed by atoms with van der Waals surface area (Å²) in [6.45, 7) is 0.225. The molecule has 3 rings (SSSR count). The molecule has 0 aliphatic rings. The number of anilines is 1. The molecular weight excluding hydrogens is 366 g/mol. The van der Waals surface area contributed by atoms with Crippen LogP contribution in [0.15, 0.2) is 54.7 Å². The van der Waals surface area contributed by atoms with E-state index in [1.807, 2.05) is 37.4 Å². The van der Waals surface area contributed by atoms with Crippen LogP contribution in [-0.4, -0.2) is 28.1 Å². The first-order chi connectivity index (χ1) is 13.4. The number of benzene rings is 2. The van der Waals surface area contributed by atoms with Crippen LogP contribution in [0.2, 0.25) is 0 Å². The quantitative estimate of drug-likeness (QED) is 0.664. The molecule has 3 aromatic rings. The lowest BCUT2D eigenvalue weighted by atomic mass is 10.1. The van der Waals surface area contributed by atoms with Crippen LogP contribution in [0.4, 0.5) is 14.5 Å². The van der Waals surface area contributed by atoms with Crippen molar-refractivity contribution >= 4 is 17.5 Å². The molecule has 2 aromatic carbocycles. The zero-order valence-corrected chi connectivity index (χ0v) is 15.1. The van der Waals surface area contributed by atoms with E-state index in [4.69, 9.17) is 0 Å². The summed E-state index contributed by atoms with van der Waals surface area (Å²) in [5.74, 6) is -3.52. The number of hydrogen-bond donors (Lipinski definition) is 2. The van der Waals surface area contributed by atoms with Gasteiger partial charge in [-0.15, -0.1) is 0 Å². The molecule has 8 heteroatoms. The summed E-state index contributed by atoms with van der Waals surface area (Å²) >= 11 is 0. The summed E-state index contributed by atoms with van der Waals surface area (Å²) in [6.07, 6.45) is 2.23. The molecular formula is C20H18F2N4O2. The largest absolute Gasteiger partial charge is 0.347 e. The Hall–Kier alpha value is -3.55. The van der Waals surface area contributed by atoms with Gasteiger partial charge < -0.3 is 10.6 Å². The maximum Gasteiger partial charge on any atom is 0.313 e. The number of rotatable bonds is 5. The molecule has 0 radical (unpaired) electrons. The number of carbonyl (C=O) groups is 2. The van der Waals surface area contributed by atoms with Gasteiger partial charge in [-0.2, -0.15) is 5.10 Å². The van der Waals surface area contributed by atoms with Crippen LogP contribution in [0.1, 0.15) is 5.56 Å². The molecule has 1 heterocycles. The molecule has 0 fully saturated rings. The highest BCUT2D eigenvalue weighted by Gasteiger charge is 2.15. The Labute approximate surface area is 160 Å². The highest BCUT2D eigenvalue weighted by atomic mass is 19.1. The zero-order chi connectivity index (χ0) is 20.1. The highest BCUT2D eigenvalue weighted by molar-refractivity contribution is 6.39. The molecule has 0 spiro atoms. The number of nitrogens with zero attached hydrogens (tertiary/aromatic N) is 2. The molecule has 0 atom stereocenters. The predicted octanol–water partition coefficient (Wildman–Crippen LogP) is 2.66. The van der Waals surface area contributed by atoms with Crippen LogP contribution in [0.25, 0.3) is 11.3 Å². The average molecular weight is 384 g/mol. The molecule has 2 amide bonds. The van der Waals surface area contributed by atoms with Crippen LogP contribution >= 0.6 is 0 Å². The maximum absolute atomic E-state index is 13.5. The predicted molar refractivity (Wildman–Crippen MR) is 100 cm³/mol. The summed E-state index contributed by atoms with van der Waals surface area (Å²) in [6, 6.07) is 12.3. The van der Waals surface area contributed by atoms with Gasteiger partial charge in [-0.3, -0.25) is 14.3 Å². The first-order valence-electron chi connectivity index (χ1n) is 8.55. The minimum absolute atomic E-state index is 0.225. The number of nitrogens with one attached hydrogen (secondary N) is 2. The van der Waals surface area contributed by atoms with Gasteiger partial charge in [-0.25, -0.2) is 8.78 Å². The Morgan fingerprint density at radius 2 is 1.79 bits per heavy atom. The number of amides is 2. The van der Waals surface area contributed by atoms with Crippen molar-refractivity contribution < 1.29 is 18.4 Å². The van der Waals surface area contributed by atoms with E-state index >= 15 is 0 Å². The minimum Gasteiger partial charge on any atom is -0.347 e. The average Bonchev–Trinajstić information content (AvgIpc) is 3.11. The normalized spacial score (nSPS) is 10.5. The molecule has 0 saturated heterocycles. The van der Waals surface area contributed by atoms with Crippen molar-refractivity contribution in [2.45, 2.75) is 6.42 Å². The minimum atomic E-state index is -1.06. The Balaban J connectivity index is 1.50. The molecule has 0 aliphatic heterocycles. The zero-order valence-electron chi connectivity index (χ0n) is 15.1. The number of halogens is 2. The second kappa shape index (κ2) is 8.43. The van der Waals surface area contributed by atoms with Gasteiger partial charge in [0.25, 0.3) is 0 Å². The van der Waals surface area contributed by atoms with Gasteiger partial charge in [0.1, 0.15) is 11.6 Å². The van der Waals surface area contributed by atoms with Gasteiger partial charge in [0.15, 0.2) is 0 Å². The Kier molecular flexibility index (Phi) is 5.78. The van der Waals surface area contributed by atoms with E-state index < -0.39 is 23.4 Å². The smallest absolute Gasteiger partial charge is 0.313 e. The Bertz CT molecular complexity index is 1000. The van der Waals surface area contributed by atoms with Crippen molar-refractivity contribution in [2.75, 3.05) is 11.9 Å². The lowest BCUT2D eigenvalue weighted by Gasteiger charge is -2.08. The van der Waals surface area contributed by atoms with E-state index in [1.165, 1.54) is 0 Å². The highest BCUT2D eigenvalue weighted by Crippen LogP contribution is 2.18. The fraction of sp³-hybridized carbons (Fsp3) is 0.150. The van der Waals surface area contributed by atoms with E-state index in [2.05, 4.69) is 15.7 Å². The third-order valence-electron chi connectivity index (χ3n) is 4.15. The van der Waals surface area contributed by atoms with Crippen LogP contribution in [0, 0.1) is 11.6 Å². The van der Waals surface area contributed by atoms with Crippen molar-refractivity contribution in [2.24, 2.45) is 7.05 Å². The van der Waals surface area contributed by atoms with Gasteiger partial charge in [0.2, 0.25) is 0 Å². The monoisotopic (exact) mass is 384 g/mol. The van der Waals surface area contributed by atoms with Crippen molar-refractivity contribution in [1.82, 2.24) is 15.1 Å². The van der Waals surface area contributed by atoms with Crippen LogP contribution < -0.4 is 10.6 Å². The molecule has 1 aromatic heterocycles. The number of hydrogen-bond acceptors (Lipinski definition) is 3. The van der Waals surface area contributed by atoms with Crippen molar-refractivity contribution in [1.29, 1.82) is 0 Å². The van der Waals surface area contributed by atoms with E-state index in [-0.39, 0.29) is 12.2 Å². The van der Waals surface area contributed by atoms with Gasteiger partial charge in [-0.1, -0.05) is 24.3 Å². The lowest BCUT2D eigenvalue weighted by Crippen LogP contribution is -2.36. The third kappa shape index (κ3) is 4.59. The molecule has 144 valence electrons. The molecule has 0 saturated carbocycles. The number of carbonyl (C=O) groups excluding carboxylic acids is 2. The third-order valence-corrected chi connectivity index (χ3v) is 4.15. The Morgan fingerprint density at radius 1 is 1.04 bits per heavy atom. The van der Waals surface area contributed by atoms with Gasteiger partial charge in [0, 0.05) is 25.9 Å². The number of aryl methyl sites for hydroxylation is 1. The van der Waals surface area contributed by atoms with E-state index in [1.54, 1.807) is 10.9 Å². The van der Waals surface area contributed by atoms with Crippen LogP contribution in [0.3, 0.4) is 0 Å². The molecule has 2 N–H and O–H groups in total. The molecule has 28 heavy (non-hydrogen) atoms. The maximum atomic E-state index is 13.5. The topological polar surface area (TPSA) is 76.0 Å². The van der Waals surface area contributed by atoms with E-state index in [0.717, 1.165) is 35.0 Å². The van der Waals surface area contributed by atoms with Crippen LogP contribution in [0.5, 0.6) is 0 Å². The molecule has 6 nitrogen and oxygen atoms in total. The summed E-state index contributed by atoms with van der Waals surface area (Å²) in [7, 11) is 1.86. The number of aromatic nitrogens is 2. The molecule has 0 unspecified atom stereocenters. The second-order valence-electron chi connectivity index (χ2n) is 6.12. The summed E-state index contributed by atoms with van der Waals surface area (Å²) in [5.41, 5.74) is 2.60. The standard InChI is InChI=1S/C20H18F2N4O2/c1-26-18(9-11-24-26)14-4-2-13(3-5-14)8-10-23-19(27)20(28)25-17-12-15(21)6-7-16(17)22/h2-7,9,11-12H,8,10H2,1H3,(H,23,27)(H,25,28). The summed E-state index contributed by atoms with van der Waals surface area (Å²) in [5, 5.41) is 8.64. The molecule has 0 bridgehead atoms.